The van der Waals surface area contributed by atoms with Gasteiger partial charge in [-0.05, 0) is 115 Å². The number of morpholine rings is 3. The monoisotopic (exact) mass is 1510 g/mol. The number of benzene rings is 8. The first-order chi connectivity index (χ1) is 54.1. The molecule has 3 aliphatic rings. The normalized spacial score (nSPS) is 14.0. The molecule has 4 amide bonds. The number of methoxy groups -OCH3 is 4. The van der Waals surface area contributed by atoms with Gasteiger partial charge in [0.1, 0.15) is 0 Å². The van der Waals surface area contributed by atoms with Crippen molar-refractivity contribution >= 4 is 96.4 Å². The van der Waals surface area contributed by atoms with Gasteiger partial charge in [0.15, 0.2) is 11.5 Å². The lowest BCUT2D eigenvalue weighted by Crippen LogP contribution is -2.35. The van der Waals surface area contributed by atoms with E-state index in [1.807, 2.05) is 155 Å². The second-order valence-corrected chi connectivity index (χ2v) is 29.2. The number of amides is 4. The van der Waals surface area contributed by atoms with E-state index in [0.29, 0.717) is 45.6 Å². The molecule has 0 bridgehead atoms. The summed E-state index contributed by atoms with van der Waals surface area (Å²) in [4.78, 5) is 72.3. The van der Waals surface area contributed by atoms with E-state index in [1.54, 1.807) is 6.08 Å². The molecule has 0 saturated carbocycles. The number of hydrogen-bond donors (Lipinski definition) is 6. The quantitative estimate of drug-likeness (QED) is 0.0298. The molecule has 6 heterocycles. The summed E-state index contributed by atoms with van der Waals surface area (Å²) in [6.45, 7) is 25.3. The third-order valence-electron chi connectivity index (χ3n) is 19.5. The number of carbonyl (C=O) groups is 3. The fourth-order valence-corrected chi connectivity index (χ4v) is 13.4. The molecule has 3 aromatic heterocycles. The summed E-state index contributed by atoms with van der Waals surface area (Å²) in [5.41, 5.74) is 27.1. The van der Waals surface area contributed by atoms with Gasteiger partial charge in [-0.25, -0.2) is 19.2 Å². The Bertz CT molecular complexity index is 5110. The average Bonchev–Trinajstić information content (AvgIpc) is 0.799. The maximum Gasteiger partial charge on any atom is 0.411 e. The maximum atomic E-state index is 13.4. The Balaban J connectivity index is 0.000000157. The number of nitrogens with zero attached hydrogens (tertiary/aromatic N) is 7. The van der Waals surface area contributed by atoms with Gasteiger partial charge in [0.2, 0.25) is 6.08 Å². The van der Waals surface area contributed by atoms with Crippen molar-refractivity contribution in [1.29, 1.82) is 0 Å². The Morgan fingerprint density at radius 3 is 1.21 bits per heavy atom. The third kappa shape index (κ3) is 21.2. The van der Waals surface area contributed by atoms with Crippen LogP contribution in [0.15, 0.2) is 193 Å². The molecule has 3 fully saturated rings. The lowest BCUT2D eigenvalue weighted by atomic mass is 9.86. The van der Waals surface area contributed by atoms with E-state index in [2.05, 4.69) is 131 Å². The summed E-state index contributed by atoms with van der Waals surface area (Å²) >= 11 is 0. The van der Waals surface area contributed by atoms with Crippen LogP contribution in [0.3, 0.4) is 0 Å². The number of rotatable bonds is 16. The van der Waals surface area contributed by atoms with E-state index in [1.165, 1.54) is 39.4 Å². The van der Waals surface area contributed by atoms with E-state index >= 15 is 0 Å². The number of nitrogens with one attached hydrogen (secondary N) is 4. The average molecular weight is 1510 g/mol. The fourth-order valence-electron chi connectivity index (χ4n) is 13.4. The van der Waals surface area contributed by atoms with Gasteiger partial charge >= 0.3 is 18.2 Å². The van der Waals surface area contributed by atoms with Gasteiger partial charge < -0.3 is 55.3 Å². The van der Waals surface area contributed by atoms with Crippen molar-refractivity contribution in [2.45, 2.75) is 72.0 Å². The number of urea groups is 1. The van der Waals surface area contributed by atoms with Gasteiger partial charge in [0, 0.05) is 116 Å². The van der Waals surface area contributed by atoms with Crippen LogP contribution >= 0.6 is 0 Å². The van der Waals surface area contributed by atoms with Crippen molar-refractivity contribution in [3.63, 3.8) is 0 Å². The van der Waals surface area contributed by atoms with Crippen LogP contribution in [0.2, 0.25) is 0 Å². The zero-order valence-corrected chi connectivity index (χ0v) is 65.3. The van der Waals surface area contributed by atoms with Crippen molar-refractivity contribution in [3.8, 4) is 44.9 Å². The Labute approximate surface area is 653 Å². The van der Waals surface area contributed by atoms with Crippen molar-refractivity contribution in [2.75, 3.05) is 140 Å². The Hall–Kier alpha value is -11.9. The zero-order chi connectivity index (χ0) is 79.3. The molecule has 0 aliphatic carbocycles. The number of hydrogen-bond acceptors (Lipinski definition) is 20. The molecule has 24 heteroatoms. The third-order valence-corrected chi connectivity index (χ3v) is 19.5. The number of aromatic nitrogens is 3. The van der Waals surface area contributed by atoms with E-state index < -0.39 is 18.2 Å². The van der Waals surface area contributed by atoms with Crippen molar-refractivity contribution < 1.29 is 52.3 Å². The molecule has 14 rings (SSSR count). The molecule has 24 nitrogen and oxygen atoms in total. The number of isocyanates is 1. The molecule has 0 spiro atoms. The van der Waals surface area contributed by atoms with Gasteiger partial charge in [0.25, 0.3) is 0 Å². The first-order valence-corrected chi connectivity index (χ1v) is 37.2. The second-order valence-electron chi connectivity index (χ2n) is 29.2. The number of carbonyl (C=O) groups excluding carboxylic acids is 4. The standard InChI is InChI=1S/C34H39N5O5.C21H19N3O2.C20H21N3O.C13H20N2O3/c1-34(2,3)23-18-29(31(42-4)30(19-23)38-33(41)43-5)37-32(40)36-28-13-12-25(26-8-6-7-9-27(26)28)22-10-11-24(35-20-22)21-39-14-16-44-17-15-39;25-15-23-21-8-7-18(19-3-1-2-4-20(19)21)16-5-6-17(22-13-16)14-24-9-11-26-12-10-24;21-20-8-7-17(18-3-1-2-4-19(18)20)15-5-6-16(22-13-15)14-23-9-11-24-12-10-23;1-13(2,3)8-6-9(14)11(17-4)10(7-8)15-12(16)18-5/h6-13,18-20H,14-17,21H2,1-5H3,(H,38,41)(H2,36,37,40);1-8,13H,9-12,14H2;1-8,13H,9-12,14,21H2;6-7H,14H2,1-5H3,(H,15,16). The van der Waals surface area contributed by atoms with E-state index in [-0.39, 0.29) is 10.8 Å². The number of pyridine rings is 3. The minimum absolute atomic E-state index is 0.0764. The zero-order valence-electron chi connectivity index (χ0n) is 65.3. The summed E-state index contributed by atoms with van der Waals surface area (Å²) in [6, 6.07) is 55.4. The minimum Gasteiger partial charge on any atom is -0.492 e. The van der Waals surface area contributed by atoms with Crippen LogP contribution in [0.25, 0.3) is 65.7 Å². The van der Waals surface area contributed by atoms with Crippen LogP contribution in [-0.2, 0) is 58.9 Å². The molecule has 0 unspecified atom stereocenters. The predicted molar refractivity (Wildman–Crippen MR) is 445 cm³/mol. The highest BCUT2D eigenvalue weighted by atomic mass is 16.5. The van der Waals surface area contributed by atoms with Gasteiger partial charge in [-0.2, -0.15) is 4.99 Å². The lowest BCUT2D eigenvalue weighted by molar-refractivity contribution is 0.0336. The van der Waals surface area contributed by atoms with Crippen LogP contribution in [0.1, 0.15) is 69.8 Å². The molecule has 11 aromatic rings. The summed E-state index contributed by atoms with van der Waals surface area (Å²) in [5.74, 6) is 0.747. The SMILES string of the molecule is COC(=O)Nc1cc(C(C)(C)C)cc(N)c1OC.COC(=O)Nc1cc(C(C)(C)C)cc(NC(=O)Nc2ccc(-c3ccc(CN4CCOCC4)nc3)c3ccccc23)c1OC.Nc1ccc(-c2ccc(CN3CCOCC3)nc2)c2ccccc12.O=C=Nc1ccc(-c2ccc(CN3CCOCC3)nc2)c2ccccc12. The number of ether oxygens (including phenoxy) is 7. The van der Waals surface area contributed by atoms with Gasteiger partial charge in [-0.1, -0.05) is 151 Å². The Morgan fingerprint density at radius 1 is 0.429 bits per heavy atom. The minimum atomic E-state index is -0.640. The van der Waals surface area contributed by atoms with E-state index in [9.17, 15) is 19.2 Å². The topological polar surface area (TPSA) is 294 Å². The van der Waals surface area contributed by atoms with Gasteiger partial charge in [0.05, 0.1) is 119 Å². The van der Waals surface area contributed by atoms with Crippen molar-refractivity contribution in [2.24, 2.45) is 4.99 Å². The van der Waals surface area contributed by atoms with E-state index in [4.69, 9.17) is 44.9 Å². The molecular formula is C88H99N13O11. The first-order valence-electron chi connectivity index (χ1n) is 37.2. The predicted octanol–water partition coefficient (Wildman–Crippen LogP) is 16.6. The largest absolute Gasteiger partial charge is 0.492 e. The molecule has 582 valence electrons. The van der Waals surface area contributed by atoms with Crippen LogP contribution < -0.4 is 42.2 Å². The van der Waals surface area contributed by atoms with Gasteiger partial charge in [-0.3, -0.25) is 40.3 Å². The molecule has 112 heavy (non-hydrogen) atoms. The number of fused-ring (bicyclic) bond motifs is 3. The number of nitrogens with two attached hydrogens (primary N) is 2. The second kappa shape index (κ2) is 38.2. The maximum absolute atomic E-state index is 13.4. The lowest BCUT2D eigenvalue weighted by Gasteiger charge is -2.26. The highest BCUT2D eigenvalue weighted by Crippen LogP contribution is 2.42. The van der Waals surface area contributed by atoms with Gasteiger partial charge in [-0.15, -0.1) is 0 Å². The first kappa shape index (κ1) is 81.1. The van der Waals surface area contributed by atoms with E-state index in [0.717, 1.165) is 187 Å². The van der Waals surface area contributed by atoms with Crippen LogP contribution in [0, 0.1) is 0 Å². The number of nitrogen functional groups attached to an aromatic ring is 2. The summed E-state index contributed by atoms with van der Waals surface area (Å²) in [6.07, 6.45) is 6.22. The number of anilines is 6. The molecule has 8 N–H and O–H groups in total. The van der Waals surface area contributed by atoms with Crippen LogP contribution in [0.5, 0.6) is 11.5 Å². The van der Waals surface area contributed by atoms with Crippen LogP contribution in [0.4, 0.5) is 54.2 Å². The molecule has 8 aromatic carbocycles. The van der Waals surface area contributed by atoms with Crippen LogP contribution in [-0.4, -0.2) is 161 Å². The summed E-state index contributed by atoms with van der Waals surface area (Å²) in [7, 11) is 5.58. The molecular weight excluding hydrogens is 1420 g/mol. The summed E-state index contributed by atoms with van der Waals surface area (Å²) < 4.78 is 36.4. The Kier molecular flexibility index (Phi) is 27.7. The molecule has 3 saturated heterocycles. The summed E-state index contributed by atoms with van der Waals surface area (Å²) in [5, 5.41) is 17.3. The highest BCUT2D eigenvalue weighted by Gasteiger charge is 2.25. The smallest absolute Gasteiger partial charge is 0.411 e. The fraction of sp³-hybridized carbons (Fsp3) is 0.307. The molecule has 0 atom stereocenters. The molecule has 3 aliphatic heterocycles. The number of aliphatic imine (C=N–C) groups is 1. The Morgan fingerprint density at radius 2 is 0.795 bits per heavy atom. The molecule has 0 radical (unpaired) electrons. The van der Waals surface area contributed by atoms with Crippen molar-refractivity contribution in [3.05, 3.63) is 217 Å². The van der Waals surface area contributed by atoms with Crippen molar-refractivity contribution in [1.82, 2.24) is 29.7 Å². The highest BCUT2D eigenvalue weighted by molar-refractivity contribution is 6.11.